The van der Waals surface area contributed by atoms with Gasteiger partial charge in [-0.1, -0.05) is 6.07 Å². The molecule has 0 radical (unpaired) electrons. The van der Waals surface area contributed by atoms with Crippen LogP contribution in [0.2, 0.25) is 0 Å². The topological polar surface area (TPSA) is 79.4 Å². The zero-order valence-corrected chi connectivity index (χ0v) is 18.1. The van der Waals surface area contributed by atoms with Gasteiger partial charge in [-0.2, -0.15) is 5.10 Å². The summed E-state index contributed by atoms with van der Waals surface area (Å²) >= 11 is 0. The minimum absolute atomic E-state index is 0.273. The molecule has 0 aliphatic carbocycles. The van der Waals surface area contributed by atoms with Crippen LogP contribution in [0.4, 0.5) is 27.3 Å². The fourth-order valence-electron chi connectivity index (χ4n) is 2.99. The smallest absolute Gasteiger partial charge is 0.255 e. The number of carbonyl (C=O) groups is 1. The third-order valence-corrected chi connectivity index (χ3v) is 4.72. The van der Waals surface area contributed by atoms with Crippen LogP contribution in [0.1, 0.15) is 10.4 Å². The third kappa shape index (κ3) is 5.82. The Morgan fingerprint density at radius 3 is 2.36 bits per heavy atom. The maximum atomic E-state index is 13.1. The van der Waals surface area contributed by atoms with Crippen LogP contribution in [-0.4, -0.2) is 30.2 Å². The number of rotatable bonds is 7. The van der Waals surface area contributed by atoms with Crippen molar-refractivity contribution in [2.45, 2.75) is 0 Å². The molecule has 2 N–H and O–H groups in total. The molecule has 0 aliphatic heterocycles. The number of carbonyl (C=O) groups excluding carboxylic acids is 1. The van der Waals surface area contributed by atoms with Gasteiger partial charge in [-0.25, -0.2) is 4.39 Å². The number of aromatic nitrogens is 2. The van der Waals surface area contributed by atoms with E-state index < -0.39 is 0 Å². The van der Waals surface area contributed by atoms with Crippen LogP contribution >= 0.6 is 0 Å². The number of halogens is 1. The van der Waals surface area contributed by atoms with Crippen LogP contribution in [-0.2, 0) is 0 Å². The van der Waals surface area contributed by atoms with E-state index in [1.165, 1.54) is 24.3 Å². The number of amides is 1. The Hall–Kier alpha value is -4.46. The van der Waals surface area contributed by atoms with Crippen LogP contribution in [0.5, 0.6) is 11.5 Å². The molecule has 33 heavy (non-hydrogen) atoms. The highest BCUT2D eigenvalue weighted by Crippen LogP contribution is 2.24. The average molecular weight is 443 g/mol. The van der Waals surface area contributed by atoms with Crippen LogP contribution in [0.3, 0.4) is 0 Å². The Balaban J connectivity index is 1.39. The lowest BCUT2D eigenvalue weighted by Crippen LogP contribution is -2.12. The number of nitrogens with zero attached hydrogens (tertiary/aromatic N) is 3. The minimum Gasteiger partial charge on any atom is -0.457 e. The summed E-state index contributed by atoms with van der Waals surface area (Å²) in [5.41, 5.74) is 2.83. The number of hydrogen-bond donors (Lipinski definition) is 2. The molecule has 0 unspecified atom stereocenters. The maximum Gasteiger partial charge on any atom is 0.255 e. The Bertz CT molecular complexity index is 1240. The SMILES string of the molecule is CN(C)c1cnnc(Nc2ccc(NC(=O)c3cccc(Oc4ccc(F)cc4)c3)cc2)c1. The zero-order chi connectivity index (χ0) is 23.2. The second-order valence-electron chi connectivity index (χ2n) is 7.43. The molecule has 1 aromatic heterocycles. The van der Waals surface area contributed by atoms with Gasteiger partial charge >= 0.3 is 0 Å². The van der Waals surface area contributed by atoms with Gasteiger partial charge in [-0.05, 0) is 66.7 Å². The first-order valence-corrected chi connectivity index (χ1v) is 10.2. The summed E-state index contributed by atoms with van der Waals surface area (Å²) in [5, 5.41) is 14.1. The van der Waals surface area contributed by atoms with E-state index in [1.807, 2.05) is 37.2 Å². The lowest BCUT2D eigenvalue weighted by atomic mass is 10.2. The predicted molar refractivity (Wildman–Crippen MR) is 127 cm³/mol. The second-order valence-corrected chi connectivity index (χ2v) is 7.43. The van der Waals surface area contributed by atoms with Gasteiger partial charge in [0.15, 0.2) is 5.82 Å². The summed E-state index contributed by atoms with van der Waals surface area (Å²) in [7, 11) is 3.87. The summed E-state index contributed by atoms with van der Waals surface area (Å²) in [6.07, 6.45) is 1.68. The summed E-state index contributed by atoms with van der Waals surface area (Å²) < 4.78 is 18.8. The highest BCUT2D eigenvalue weighted by Gasteiger charge is 2.09. The van der Waals surface area contributed by atoms with Crippen LogP contribution < -0.4 is 20.3 Å². The van der Waals surface area contributed by atoms with E-state index >= 15 is 0 Å². The van der Waals surface area contributed by atoms with E-state index in [0.717, 1.165) is 11.4 Å². The van der Waals surface area contributed by atoms with Crippen molar-refractivity contribution in [3.63, 3.8) is 0 Å². The van der Waals surface area contributed by atoms with Crippen molar-refractivity contribution >= 4 is 28.8 Å². The molecule has 3 aromatic carbocycles. The lowest BCUT2D eigenvalue weighted by molar-refractivity contribution is 0.102. The molecular formula is C25H22FN5O2. The molecule has 0 spiro atoms. The summed E-state index contributed by atoms with van der Waals surface area (Å²) in [5.74, 6) is 0.972. The van der Waals surface area contributed by atoms with Gasteiger partial charge in [-0.15, -0.1) is 5.10 Å². The molecule has 1 heterocycles. The number of benzene rings is 3. The van der Waals surface area contributed by atoms with E-state index in [0.29, 0.717) is 28.6 Å². The van der Waals surface area contributed by atoms with E-state index in [1.54, 1.807) is 42.6 Å². The van der Waals surface area contributed by atoms with Gasteiger partial charge in [0.1, 0.15) is 17.3 Å². The number of hydrogen-bond acceptors (Lipinski definition) is 6. The molecule has 8 heteroatoms. The number of ether oxygens (including phenoxy) is 1. The molecular weight excluding hydrogens is 421 g/mol. The van der Waals surface area contributed by atoms with Crippen LogP contribution in [0.25, 0.3) is 0 Å². The van der Waals surface area contributed by atoms with Crippen molar-refractivity contribution in [2.75, 3.05) is 29.6 Å². The summed E-state index contributed by atoms with van der Waals surface area (Å²) in [6.45, 7) is 0. The fraction of sp³-hybridized carbons (Fsp3) is 0.0800. The first-order chi connectivity index (χ1) is 16.0. The highest BCUT2D eigenvalue weighted by atomic mass is 19.1. The first kappa shape index (κ1) is 21.8. The molecule has 0 saturated carbocycles. The van der Waals surface area contributed by atoms with Gasteiger partial charge < -0.3 is 20.3 Å². The number of anilines is 4. The van der Waals surface area contributed by atoms with Gasteiger partial charge in [0.05, 0.1) is 11.9 Å². The molecule has 1 amide bonds. The Morgan fingerprint density at radius 1 is 0.909 bits per heavy atom. The normalized spacial score (nSPS) is 10.4. The molecule has 4 rings (SSSR count). The summed E-state index contributed by atoms with van der Waals surface area (Å²) in [6, 6.07) is 21.6. The molecule has 4 aromatic rings. The van der Waals surface area contributed by atoms with E-state index in [9.17, 15) is 9.18 Å². The maximum absolute atomic E-state index is 13.1. The zero-order valence-electron chi connectivity index (χ0n) is 18.1. The van der Waals surface area contributed by atoms with Gasteiger partial charge in [-0.3, -0.25) is 4.79 Å². The van der Waals surface area contributed by atoms with Crippen molar-refractivity contribution in [1.82, 2.24) is 10.2 Å². The van der Waals surface area contributed by atoms with Crippen molar-refractivity contribution in [3.8, 4) is 11.5 Å². The number of nitrogens with one attached hydrogen (secondary N) is 2. The van der Waals surface area contributed by atoms with Crippen molar-refractivity contribution in [3.05, 3.63) is 96.4 Å². The molecule has 0 aliphatic rings. The van der Waals surface area contributed by atoms with Crippen molar-refractivity contribution < 1.29 is 13.9 Å². The van der Waals surface area contributed by atoms with Gasteiger partial charge in [0.2, 0.25) is 0 Å². The van der Waals surface area contributed by atoms with Crippen LogP contribution in [0.15, 0.2) is 85.1 Å². The summed E-state index contributed by atoms with van der Waals surface area (Å²) in [4.78, 5) is 14.6. The molecule has 166 valence electrons. The first-order valence-electron chi connectivity index (χ1n) is 10.2. The molecule has 7 nitrogen and oxygen atoms in total. The predicted octanol–water partition coefficient (Wildman–Crippen LogP) is 5.47. The highest BCUT2D eigenvalue weighted by molar-refractivity contribution is 6.04. The Kier molecular flexibility index (Phi) is 6.45. The minimum atomic E-state index is -0.341. The third-order valence-electron chi connectivity index (χ3n) is 4.72. The largest absolute Gasteiger partial charge is 0.457 e. The molecule has 0 fully saturated rings. The van der Waals surface area contributed by atoms with E-state index in [-0.39, 0.29) is 11.7 Å². The standard InChI is InChI=1S/C25H22FN5O2/c1-31(2)21-15-24(30-27-16-21)28-19-8-10-20(11-9-19)29-25(32)17-4-3-5-23(14-17)33-22-12-6-18(26)7-13-22/h3-16H,1-2H3,(H,28,30)(H,29,32). The average Bonchev–Trinajstić information content (AvgIpc) is 2.82. The lowest BCUT2D eigenvalue weighted by Gasteiger charge is -2.13. The van der Waals surface area contributed by atoms with E-state index in [4.69, 9.17) is 4.74 Å². The van der Waals surface area contributed by atoms with Gasteiger partial charge in [0, 0.05) is 37.1 Å². The fourth-order valence-corrected chi connectivity index (χ4v) is 2.99. The quantitative estimate of drug-likeness (QED) is 0.394. The molecule has 0 bridgehead atoms. The Morgan fingerprint density at radius 2 is 1.64 bits per heavy atom. The van der Waals surface area contributed by atoms with Crippen molar-refractivity contribution in [1.29, 1.82) is 0 Å². The van der Waals surface area contributed by atoms with Gasteiger partial charge in [0.25, 0.3) is 5.91 Å². The van der Waals surface area contributed by atoms with Crippen LogP contribution in [0, 0.1) is 5.82 Å². The Labute approximate surface area is 190 Å². The molecule has 0 saturated heterocycles. The van der Waals surface area contributed by atoms with Crippen molar-refractivity contribution in [2.24, 2.45) is 0 Å². The monoisotopic (exact) mass is 443 g/mol. The van der Waals surface area contributed by atoms with E-state index in [2.05, 4.69) is 20.8 Å². The second kappa shape index (κ2) is 9.78. The molecule has 0 atom stereocenters.